The Hall–Kier alpha value is -4.34. The van der Waals surface area contributed by atoms with Crippen LogP contribution >= 0.6 is 0 Å². The number of aromatic hydroxyl groups is 1. The number of aromatic amines is 1. The van der Waals surface area contributed by atoms with Gasteiger partial charge in [-0.15, -0.1) is 0 Å². The lowest BCUT2D eigenvalue weighted by Gasteiger charge is -2.25. The molecule has 0 spiro atoms. The van der Waals surface area contributed by atoms with Crippen molar-refractivity contribution in [1.82, 2.24) is 15.2 Å². The first kappa shape index (κ1) is 24.4. The van der Waals surface area contributed by atoms with Gasteiger partial charge in [0, 0.05) is 35.0 Å². The van der Waals surface area contributed by atoms with Crippen LogP contribution in [0.25, 0.3) is 10.9 Å². The summed E-state index contributed by atoms with van der Waals surface area (Å²) in [5, 5.41) is 14.7. The molecule has 1 aromatic heterocycles. The molecule has 0 radical (unpaired) electrons. The van der Waals surface area contributed by atoms with Crippen LogP contribution in [0.1, 0.15) is 41.5 Å². The third-order valence-corrected chi connectivity index (χ3v) is 6.50. The van der Waals surface area contributed by atoms with Crippen molar-refractivity contribution < 1.29 is 9.90 Å². The van der Waals surface area contributed by atoms with E-state index in [1.54, 1.807) is 0 Å². The third-order valence-electron chi connectivity index (χ3n) is 6.50. The minimum absolute atomic E-state index is 0.0367. The molecule has 1 aliphatic rings. The van der Waals surface area contributed by atoms with Gasteiger partial charge in [0.1, 0.15) is 0 Å². The molecule has 1 heterocycles. The highest BCUT2D eigenvalue weighted by atomic mass is 16.3. The van der Waals surface area contributed by atoms with E-state index in [1.165, 1.54) is 5.56 Å². The molecule has 0 atom stereocenters. The van der Waals surface area contributed by atoms with Crippen LogP contribution in [0.4, 0.5) is 5.69 Å². The summed E-state index contributed by atoms with van der Waals surface area (Å²) in [5.41, 5.74) is 5.62. The Labute approximate surface area is 217 Å². The Morgan fingerprint density at radius 2 is 1.84 bits per heavy atom. The highest BCUT2D eigenvalue weighted by Crippen LogP contribution is 2.32. The van der Waals surface area contributed by atoms with E-state index in [9.17, 15) is 9.90 Å². The summed E-state index contributed by atoms with van der Waals surface area (Å²) in [6.45, 7) is 0.853. The maximum Gasteiger partial charge on any atom is 0.296 e. The summed E-state index contributed by atoms with van der Waals surface area (Å²) in [4.78, 5) is 22.2. The highest BCUT2D eigenvalue weighted by Gasteiger charge is 2.20. The second-order valence-corrected chi connectivity index (χ2v) is 9.69. The van der Waals surface area contributed by atoms with E-state index in [0.717, 1.165) is 48.0 Å². The number of hydrogen-bond acceptors (Lipinski definition) is 4. The summed E-state index contributed by atoms with van der Waals surface area (Å²) >= 11 is 0. The van der Waals surface area contributed by atoms with Gasteiger partial charge in [0.15, 0.2) is 5.88 Å². The van der Waals surface area contributed by atoms with E-state index in [2.05, 4.69) is 39.2 Å². The van der Waals surface area contributed by atoms with Crippen LogP contribution in [0.15, 0.2) is 77.8 Å². The first-order valence-corrected chi connectivity index (χ1v) is 12.5. The normalized spacial score (nSPS) is 13.8. The standard InChI is InChI=1S/C31H30N4O2/c1-35(2)20-22-11-15-25(16-12-22)33-30(23-7-4-3-5-8-23)29-26-17-13-21(19-27(26)34-31(29)37)14-18-28(36)32-24-9-6-10-24/h3-5,7-8,11-13,15-17,19,24,34,37H,6,9-10,20H2,1-2H3,(H,32,36). The van der Waals surface area contributed by atoms with Crippen molar-refractivity contribution in [2.24, 2.45) is 4.99 Å². The minimum atomic E-state index is -0.255. The van der Waals surface area contributed by atoms with Gasteiger partial charge in [-0.05, 0) is 63.2 Å². The van der Waals surface area contributed by atoms with Crippen LogP contribution in [0.3, 0.4) is 0 Å². The number of carbonyl (C=O) groups excluding carboxylic acids is 1. The molecule has 0 unspecified atom stereocenters. The van der Waals surface area contributed by atoms with Gasteiger partial charge >= 0.3 is 0 Å². The van der Waals surface area contributed by atoms with Gasteiger partial charge < -0.3 is 20.3 Å². The van der Waals surface area contributed by atoms with Gasteiger partial charge in [-0.3, -0.25) is 4.79 Å². The Bertz CT molecular complexity index is 1500. The van der Waals surface area contributed by atoms with E-state index in [4.69, 9.17) is 4.99 Å². The lowest BCUT2D eigenvalue weighted by atomic mass is 9.93. The first-order chi connectivity index (χ1) is 18.0. The van der Waals surface area contributed by atoms with Crippen LogP contribution in [-0.2, 0) is 11.3 Å². The number of benzene rings is 3. The number of amides is 1. The SMILES string of the molecule is CN(C)Cc1ccc(N=C(c2ccccc2)c2c(O)[nH]c3cc(C#CC(=O)NC4CCC4)ccc23)cc1. The molecule has 1 saturated carbocycles. The fraction of sp³-hybridized carbons (Fsp3) is 0.226. The Morgan fingerprint density at radius 1 is 1.08 bits per heavy atom. The molecule has 1 aliphatic carbocycles. The van der Waals surface area contributed by atoms with Crippen LogP contribution in [-0.4, -0.2) is 46.7 Å². The topological polar surface area (TPSA) is 80.7 Å². The molecular formula is C31H30N4O2. The third kappa shape index (κ3) is 5.74. The van der Waals surface area contributed by atoms with Crippen molar-refractivity contribution in [2.75, 3.05) is 14.1 Å². The molecule has 3 aromatic carbocycles. The van der Waals surface area contributed by atoms with E-state index in [1.807, 2.05) is 74.8 Å². The molecule has 5 rings (SSSR count). The lowest BCUT2D eigenvalue weighted by molar-refractivity contribution is -0.116. The summed E-state index contributed by atoms with van der Waals surface area (Å²) in [6.07, 6.45) is 3.20. The quantitative estimate of drug-likeness (QED) is 0.259. The molecule has 0 aliphatic heterocycles. The molecule has 3 N–H and O–H groups in total. The fourth-order valence-corrected chi connectivity index (χ4v) is 4.43. The molecule has 1 amide bonds. The second-order valence-electron chi connectivity index (χ2n) is 9.69. The molecule has 37 heavy (non-hydrogen) atoms. The van der Waals surface area contributed by atoms with Crippen molar-refractivity contribution in [3.63, 3.8) is 0 Å². The van der Waals surface area contributed by atoms with E-state index in [0.29, 0.717) is 16.8 Å². The molecule has 6 heteroatoms. The predicted octanol–water partition coefficient (Wildman–Crippen LogP) is 5.12. The molecule has 0 bridgehead atoms. The van der Waals surface area contributed by atoms with Gasteiger partial charge in [-0.2, -0.15) is 0 Å². The summed E-state index contributed by atoms with van der Waals surface area (Å²) in [5.74, 6) is 5.40. The van der Waals surface area contributed by atoms with Gasteiger partial charge in [0.2, 0.25) is 0 Å². The molecule has 0 saturated heterocycles. The Kier molecular flexibility index (Phi) is 7.07. The molecule has 186 valence electrons. The molecule has 4 aromatic rings. The number of nitrogens with zero attached hydrogens (tertiary/aromatic N) is 2. The van der Waals surface area contributed by atoms with Crippen LogP contribution in [0.2, 0.25) is 0 Å². The summed E-state index contributed by atoms with van der Waals surface area (Å²) < 4.78 is 0. The Balaban J connectivity index is 1.50. The number of fused-ring (bicyclic) bond motifs is 1. The Morgan fingerprint density at radius 3 is 2.51 bits per heavy atom. The van der Waals surface area contributed by atoms with Gasteiger partial charge in [0.05, 0.1) is 22.5 Å². The van der Waals surface area contributed by atoms with Crippen molar-refractivity contribution in [3.8, 4) is 17.7 Å². The maximum atomic E-state index is 12.1. The monoisotopic (exact) mass is 490 g/mol. The first-order valence-electron chi connectivity index (χ1n) is 12.5. The van der Waals surface area contributed by atoms with Crippen LogP contribution in [0, 0.1) is 11.8 Å². The second kappa shape index (κ2) is 10.7. The largest absolute Gasteiger partial charge is 0.494 e. The number of nitrogens with one attached hydrogen (secondary N) is 2. The average Bonchev–Trinajstić information content (AvgIpc) is 3.19. The van der Waals surface area contributed by atoms with E-state index in [-0.39, 0.29) is 17.8 Å². The van der Waals surface area contributed by atoms with Crippen molar-refractivity contribution in [2.45, 2.75) is 31.8 Å². The van der Waals surface area contributed by atoms with E-state index >= 15 is 0 Å². The number of aromatic nitrogens is 1. The smallest absolute Gasteiger partial charge is 0.296 e. The average molecular weight is 491 g/mol. The van der Waals surface area contributed by atoms with Crippen molar-refractivity contribution in [1.29, 1.82) is 0 Å². The zero-order valence-corrected chi connectivity index (χ0v) is 21.1. The van der Waals surface area contributed by atoms with Crippen molar-refractivity contribution >= 4 is 28.2 Å². The molecule has 6 nitrogen and oxygen atoms in total. The summed E-state index contributed by atoms with van der Waals surface area (Å²) in [7, 11) is 4.08. The number of rotatable bonds is 6. The number of carbonyl (C=O) groups is 1. The number of H-pyrrole nitrogens is 1. The van der Waals surface area contributed by atoms with E-state index < -0.39 is 0 Å². The number of hydrogen-bond donors (Lipinski definition) is 3. The molecular weight excluding hydrogens is 460 g/mol. The van der Waals surface area contributed by atoms with Gasteiger partial charge in [-0.1, -0.05) is 54.5 Å². The minimum Gasteiger partial charge on any atom is -0.494 e. The zero-order valence-electron chi connectivity index (χ0n) is 21.1. The van der Waals surface area contributed by atoms with Crippen LogP contribution < -0.4 is 5.32 Å². The fourth-order valence-electron chi connectivity index (χ4n) is 4.43. The van der Waals surface area contributed by atoms with Gasteiger partial charge in [-0.25, -0.2) is 4.99 Å². The zero-order chi connectivity index (χ0) is 25.8. The van der Waals surface area contributed by atoms with Crippen LogP contribution in [0.5, 0.6) is 5.88 Å². The maximum absolute atomic E-state index is 12.1. The summed E-state index contributed by atoms with van der Waals surface area (Å²) in [6, 6.07) is 23.9. The van der Waals surface area contributed by atoms with Crippen molar-refractivity contribution in [3.05, 3.63) is 95.1 Å². The molecule has 1 fully saturated rings. The van der Waals surface area contributed by atoms with Gasteiger partial charge in [0.25, 0.3) is 5.91 Å². The predicted molar refractivity (Wildman–Crippen MR) is 148 cm³/mol. The highest BCUT2D eigenvalue weighted by molar-refractivity contribution is 6.22. The number of aliphatic imine (C=N–C) groups is 1. The lowest BCUT2D eigenvalue weighted by Crippen LogP contribution is -2.38.